The summed E-state index contributed by atoms with van der Waals surface area (Å²) in [5, 5.41) is 0. The van der Waals surface area contributed by atoms with E-state index >= 15 is 0 Å². The summed E-state index contributed by atoms with van der Waals surface area (Å²) in [6.45, 7) is 0. The zero-order valence-corrected chi connectivity index (χ0v) is 20.5. The standard InChI is InChI=1S/C31H20N4O4/c36-20-32-30(33-21-37,26-7-3-1-4-8-26)28-15-11-24(12-16-28)19-25-13-17-29(18-14-25)31(34-22-38,35-23-39)27-9-5-2-6-10-27/h1-18H,19H2. The van der Waals surface area contributed by atoms with E-state index < -0.39 is 11.3 Å². The molecule has 0 bridgehead atoms. The van der Waals surface area contributed by atoms with Gasteiger partial charge in [0.15, 0.2) is 0 Å². The van der Waals surface area contributed by atoms with E-state index in [-0.39, 0.29) is 0 Å². The average molecular weight is 513 g/mol. The first-order valence-electron chi connectivity index (χ1n) is 11.8. The molecular formula is C31H20N4O4. The first-order chi connectivity index (χ1) is 19.1. The number of carbonyl (C=O) groups excluding carboxylic acids is 4. The van der Waals surface area contributed by atoms with Crippen molar-refractivity contribution >= 4 is 24.3 Å². The minimum Gasteiger partial charge on any atom is -0.211 e. The van der Waals surface area contributed by atoms with E-state index in [2.05, 4.69) is 20.0 Å². The molecule has 0 aromatic heterocycles. The van der Waals surface area contributed by atoms with E-state index in [1.54, 1.807) is 84.9 Å². The second kappa shape index (κ2) is 12.1. The number of hydrogen-bond acceptors (Lipinski definition) is 8. The number of benzene rings is 4. The minimum absolute atomic E-state index is 0.505. The summed E-state index contributed by atoms with van der Waals surface area (Å²) in [6, 6.07) is 31.9. The van der Waals surface area contributed by atoms with Crippen LogP contribution < -0.4 is 0 Å². The lowest BCUT2D eigenvalue weighted by Gasteiger charge is -2.24. The molecule has 0 unspecified atom stereocenters. The van der Waals surface area contributed by atoms with E-state index in [9.17, 15) is 19.2 Å². The van der Waals surface area contributed by atoms with Crippen LogP contribution in [0.2, 0.25) is 0 Å². The third-order valence-electron chi connectivity index (χ3n) is 6.30. The monoisotopic (exact) mass is 512 g/mol. The fraction of sp³-hybridized carbons (Fsp3) is 0.0968. The Balaban J connectivity index is 1.65. The van der Waals surface area contributed by atoms with Gasteiger partial charge in [-0.1, -0.05) is 109 Å². The first kappa shape index (κ1) is 26.5. The Morgan fingerprint density at radius 1 is 0.410 bits per heavy atom. The van der Waals surface area contributed by atoms with Crippen molar-refractivity contribution in [2.24, 2.45) is 20.0 Å². The fourth-order valence-corrected chi connectivity index (χ4v) is 4.45. The molecule has 0 amide bonds. The molecule has 0 atom stereocenters. The summed E-state index contributed by atoms with van der Waals surface area (Å²) >= 11 is 0. The number of hydrogen-bond donors (Lipinski definition) is 0. The van der Waals surface area contributed by atoms with Gasteiger partial charge >= 0.3 is 0 Å². The van der Waals surface area contributed by atoms with Crippen molar-refractivity contribution in [1.82, 2.24) is 0 Å². The highest BCUT2D eigenvalue weighted by molar-refractivity contribution is 5.51. The van der Waals surface area contributed by atoms with Crippen LogP contribution in [-0.2, 0) is 36.9 Å². The van der Waals surface area contributed by atoms with Crippen LogP contribution in [0.3, 0.4) is 0 Å². The Labute approximate surface area is 223 Å². The van der Waals surface area contributed by atoms with E-state index in [0.29, 0.717) is 28.7 Å². The van der Waals surface area contributed by atoms with Crippen molar-refractivity contribution in [3.63, 3.8) is 0 Å². The number of aliphatic imine (C=N–C) groups is 4. The maximum absolute atomic E-state index is 11.3. The van der Waals surface area contributed by atoms with Crippen LogP contribution in [-0.4, -0.2) is 24.3 Å². The van der Waals surface area contributed by atoms with E-state index in [4.69, 9.17) is 0 Å². The Morgan fingerprint density at radius 2 is 0.692 bits per heavy atom. The zero-order valence-electron chi connectivity index (χ0n) is 20.5. The lowest BCUT2D eigenvalue weighted by molar-refractivity contribution is 0.515. The van der Waals surface area contributed by atoms with Crippen LogP contribution >= 0.6 is 0 Å². The topological polar surface area (TPSA) is 118 Å². The molecule has 4 aromatic rings. The van der Waals surface area contributed by atoms with Crippen LogP contribution in [0.5, 0.6) is 0 Å². The van der Waals surface area contributed by atoms with Crippen molar-refractivity contribution in [3.05, 3.63) is 143 Å². The number of isocyanates is 4. The summed E-state index contributed by atoms with van der Waals surface area (Å²) < 4.78 is 0. The minimum atomic E-state index is -1.58. The molecule has 0 radical (unpaired) electrons. The third-order valence-corrected chi connectivity index (χ3v) is 6.30. The molecule has 0 spiro atoms. The van der Waals surface area contributed by atoms with Gasteiger partial charge in [-0.2, -0.15) is 20.0 Å². The van der Waals surface area contributed by atoms with Crippen molar-refractivity contribution in [2.45, 2.75) is 17.7 Å². The van der Waals surface area contributed by atoms with Crippen molar-refractivity contribution in [1.29, 1.82) is 0 Å². The normalized spacial score (nSPS) is 13.1. The van der Waals surface area contributed by atoms with Crippen molar-refractivity contribution in [3.8, 4) is 0 Å². The molecule has 0 aliphatic rings. The predicted octanol–water partition coefficient (Wildman–Crippen LogP) is 5.02. The van der Waals surface area contributed by atoms with Crippen LogP contribution in [0.4, 0.5) is 0 Å². The van der Waals surface area contributed by atoms with Crippen LogP contribution in [0.25, 0.3) is 0 Å². The summed E-state index contributed by atoms with van der Waals surface area (Å²) in [5.41, 5.74) is 0.773. The molecule has 8 nitrogen and oxygen atoms in total. The Kier molecular flexibility index (Phi) is 8.20. The average Bonchev–Trinajstić information content (AvgIpc) is 2.98. The molecule has 8 heteroatoms. The van der Waals surface area contributed by atoms with Gasteiger partial charge in [0, 0.05) is 22.3 Å². The smallest absolute Gasteiger partial charge is 0.211 e. The van der Waals surface area contributed by atoms with Crippen molar-refractivity contribution < 1.29 is 19.2 Å². The predicted molar refractivity (Wildman–Crippen MR) is 143 cm³/mol. The van der Waals surface area contributed by atoms with Gasteiger partial charge in [0.05, 0.1) is 0 Å². The molecule has 0 saturated carbocycles. The van der Waals surface area contributed by atoms with Crippen LogP contribution in [0.15, 0.2) is 129 Å². The van der Waals surface area contributed by atoms with Gasteiger partial charge in [0.1, 0.15) is 0 Å². The van der Waals surface area contributed by atoms with Gasteiger partial charge in [0.25, 0.3) is 0 Å². The Bertz CT molecular complexity index is 1470. The first-order valence-corrected chi connectivity index (χ1v) is 11.8. The van der Waals surface area contributed by atoms with Gasteiger partial charge in [-0.3, -0.25) is 0 Å². The molecule has 4 rings (SSSR count). The highest BCUT2D eigenvalue weighted by Gasteiger charge is 2.35. The maximum Gasteiger partial charge on any atom is 0.238 e. The van der Waals surface area contributed by atoms with Crippen LogP contribution in [0.1, 0.15) is 33.4 Å². The van der Waals surface area contributed by atoms with Gasteiger partial charge in [-0.25, -0.2) is 19.2 Å². The quantitative estimate of drug-likeness (QED) is 0.219. The highest BCUT2D eigenvalue weighted by Crippen LogP contribution is 2.36. The zero-order chi connectivity index (χ0) is 27.6. The fourth-order valence-electron chi connectivity index (χ4n) is 4.45. The van der Waals surface area contributed by atoms with E-state index in [1.807, 2.05) is 24.3 Å². The van der Waals surface area contributed by atoms with Gasteiger partial charge in [-0.15, -0.1) is 0 Å². The van der Waals surface area contributed by atoms with Crippen molar-refractivity contribution in [2.75, 3.05) is 0 Å². The Morgan fingerprint density at radius 3 is 0.974 bits per heavy atom. The molecule has 0 heterocycles. The lowest BCUT2D eigenvalue weighted by atomic mass is 9.90. The second-order valence-corrected chi connectivity index (χ2v) is 8.46. The third kappa shape index (κ3) is 5.41. The molecular weight excluding hydrogens is 492 g/mol. The summed E-state index contributed by atoms with van der Waals surface area (Å²) in [4.78, 5) is 60.7. The summed E-state index contributed by atoms with van der Waals surface area (Å²) in [7, 11) is 0. The molecule has 0 saturated heterocycles. The molecule has 0 fully saturated rings. The number of rotatable bonds is 10. The lowest BCUT2D eigenvalue weighted by Crippen LogP contribution is -2.23. The second-order valence-electron chi connectivity index (χ2n) is 8.46. The molecule has 0 aliphatic carbocycles. The van der Waals surface area contributed by atoms with Crippen LogP contribution in [0, 0.1) is 0 Å². The molecule has 0 aliphatic heterocycles. The van der Waals surface area contributed by atoms with Gasteiger partial charge in [0.2, 0.25) is 35.6 Å². The van der Waals surface area contributed by atoms with E-state index in [1.165, 1.54) is 24.3 Å². The molecule has 4 aromatic carbocycles. The SMILES string of the molecule is O=C=NC(N=C=O)(c1ccccc1)c1ccc(Cc2ccc(C(N=C=O)(N=C=O)c3ccccc3)cc2)cc1. The maximum atomic E-state index is 11.3. The van der Waals surface area contributed by atoms with Gasteiger partial charge < -0.3 is 0 Å². The summed E-state index contributed by atoms with van der Waals surface area (Å²) in [6.07, 6.45) is 6.66. The van der Waals surface area contributed by atoms with Gasteiger partial charge in [-0.05, 0) is 17.5 Å². The summed E-state index contributed by atoms with van der Waals surface area (Å²) in [5.74, 6) is 0. The number of nitrogens with zero attached hydrogens (tertiary/aromatic N) is 4. The molecule has 0 N–H and O–H groups in total. The molecule has 39 heavy (non-hydrogen) atoms. The highest BCUT2D eigenvalue weighted by atomic mass is 16.1. The van der Waals surface area contributed by atoms with E-state index in [0.717, 1.165) is 11.1 Å². The molecule has 188 valence electrons. The Hall–Kier alpha value is -5.60. The largest absolute Gasteiger partial charge is 0.238 e.